The molecule has 0 radical (unpaired) electrons. The molecule has 0 aromatic heterocycles. The Hall–Kier alpha value is -3.19. The van der Waals surface area contributed by atoms with Crippen molar-refractivity contribution in [2.24, 2.45) is 16.6 Å². The number of nitrogens with zero attached hydrogens (tertiary/aromatic N) is 1. The molecule has 7 heteroatoms. The number of nitrogens with two attached hydrogens (primary N) is 3. The number of nitrogens with one attached hydrogen (secondary N) is 3. The van der Waals surface area contributed by atoms with Crippen LogP contribution in [0.4, 0.5) is 0 Å². The molecular formula is C21H29N7+2. The number of dihydropyridines is 2. The van der Waals surface area contributed by atoms with Crippen molar-refractivity contribution in [1.29, 1.82) is 5.41 Å². The van der Waals surface area contributed by atoms with Gasteiger partial charge in [0.15, 0.2) is 5.71 Å². The lowest BCUT2D eigenvalue weighted by atomic mass is 9.80. The maximum absolute atomic E-state index is 7.61. The Morgan fingerprint density at radius 2 is 2.14 bits per heavy atom. The highest BCUT2D eigenvalue weighted by atomic mass is 15.1. The Morgan fingerprint density at radius 1 is 1.36 bits per heavy atom. The number of amidine groups is 1. The zero-order valence-electron chi connectivity index (χ0n) is 16.4. The van der Waals surface area contributed by atoms with Gasteiger partial charge in [-0.1, -0.05) is 6.42 Å². The molecule has 28 heavy (non-hydrogen) atoms. The topological polar surface area (TPSA) is 128 Å². The van der Waals surface area contributed by atoms with E-state index in [1.807, 2.05) is 56.0 Å². The maximum atomic E-state index is 7.61. The molecule has 0 spiro atoms. The summed E-state index contributed by atoms with van der Waals surface area (Å²) >= 11 is 0. The van der Waals surface area contributed by atoms with E-state index in [4.69, 9.17) is 16.6 Å². The van der Waals surface area contributed by atoms with Crippen LogP contribution in [-0.2, 0) is 0 Å². The largest absolute Gasteiger partial charge is 0.384 e. The van der Waals surface area contributed by atoms with Crippen LogP contribution in [0, 0.1) is 11.3 Å². The third-order valence-corrected chi connectivity index (χ3v) is 5.02. The molecule has 7 nitrogen and oxygen atoms in total. The maximum Gasteiger partial charge on any atom is 0.182 e. The van der Waals surface area contributed by atoms with E-state index in [1.54, 1.807) is 0 Å². The molecule has 0 amide bonds. The van der Waals surface area contributed by atoms with Gasteiger partial charge in [0, 0.05) is 24.9 Å². The monoisotopic (exact) mass is 379 g/mol. The van der Waals surface area contributed by atoms with E-state index in [0.717, 1.165) is 46.7 Å². The Balaban J connectivity index is 1.78. The minimum Gasteiger partial charge on any atom is -0.384 e. The van der Waals surface area contributed by atoms with Crippen molar-refractivity contribution in [3.05, 3.63) is 70.6 Å². The van der Waals surface area contributed by atoms with Crippen molar-refractivity contribution >= 4 is 17.8 Å². The van der Waals surface area contributed by atoms with Crippen LogP contribution in [0.1, 0.15) is 26.2 Å². The minimum atomic E-state index is 0.397. The van der Waals surface area contributed by atoms with Gasteiger partial charge in [-0.3, -0.25) is 5.41 Å². The summed E-state index contributed by atoms with van der Waals surface area (Å²) in [6.07, 6.45) is 16.5. The van der Waals surface area contributed by atoms with E-state index in [0.29, 0.717) is 17.6 Å². The average Bonchev–Trinajstić information content (AvgIpc) is 2.63. The minimum absolute atomic E-state index is 0.397. The highest BCUT2D eigenvalue weighted by Gasteiger charge is 2.21. The van der Waals surface area contributed by atoms with Crippen LogP contribution in [0.5, 0.6) is 0 Å². The van der Waals surface area contributed by atoms with Crippen LogP contribution in [0.25, 0.3) is 0 Å². The fourth-order valence-electron chi connectivity index (χ4n) is 3.30. The lowest BCUT2D eigenvalue weighted by Crippen LogP contribution is -2.73. The second-order valence-electron chi connectivity index (χ2n) is 7.11. The molecule has 9 N–H and O–H groups in total. The van der Waals surface area contributed by atoms with Gasteiger partial charge in [0.25, 0.3) is 0 Å². The molecule has 2 aliphatic heterocycles. The first-order valence-electron chi connectivity index (χ1n) is 9.55. The van der Waals surface area contributed by atoms with Crippen LogP contribution < -0.4 is 27.1 Å². The zero-order valence-corrected chi connectivity index (χ0v) is 16.4. The van der Waals surface area contributed by atoms with Gasteiger partial charge in [0.05, 0.1) is 18.4 Å². The first-order valence-corrected chi connectivity index (χ1v) is 9.55. The number of rotatable bonds is 7. The molecule has 0 unspecified atom stereocenters. The Bertz CT molecular complexity index is 890. The normalized spacial score (nSPS) is 20.4. The van der Waals surface area contributed by atoms with Crippen LogP contribution in [0.3, 0.4) is 0 Å². The van der Waals surface area contributed by atoms with Crippen LogP contribution in [-0.4, -0.2) is 24.8 Å². The van der Waals surface area contributed by atoms with Crippen molar-refractivity contribution in [3.63, 3.8) is 0 Å². The van der Waals surface area contributed by atoms with Crippen LogP contribution in [0.15, 0.2) is 75.6 Å². The number of fused-ring (bicyclic) bond motifs is 1. The molecular weight excluding hydrogens is 350 g/mol. The summed E-state index contributed by atoms with van der Waals surface area (Å²) in [6.45, 7) is 1.89. The van der Waals surface area contributed by atoms with E-state index in [2.05, 4.69) is 15.6 Å². The Labute approximate surface area is 165 Å². The smallest absolute Gasteiger partial charge is 0.182 e. The van der Waals surface area contributed by atoms with Crippen molar-refractivity contribution in [2.45, 2.75) is 26.2 Å². The van der Waals surface area contributed by atoms with Crippen molar-refractivity contribution in [1.82, 2.24) is 10.6 Å². The number of allylic oxidation sites excluding steroid dienone is 6. The average molecular weight is 380 g/mol. The first-order chi connectivity index (χ1) is 13.5. The second kappa shape index (κ2) is 8.67. The summed E-state index contributed by atoms with van der Waals surface area (Å²) in [5.74, 6) is 1.50. The van der Waals surface area contributed by atoms with E-state index in [1.165, 1.54) is 12.6 Å². The third-order valence-electron chi connectivity index (χ3n) is 5.02. The summed E-state index contributed by atoms with van der Waals surface area (Å²) in [4.78, 5) is 4.48. The number of hydrogen-bond donors (Lipinski definition) is 6. The molecule has 2 heterocycles. The molecule has 1 aliphatic carbocycles. The van der Waals surface area contributed by atoms with Gasteiger partial charge in [-0.15, -0.1) is 0 Å². The molecule has 0 aromatic carbocycles. The standard InChI is InChI=1S/C21H27N7/c1-13(23)17(12-25-2)16-8-19-18(26-11-16)6-7-21(27-19)28-20(24)9-15(10-22)14-4-3-5-14/h6-12,14,22-23,25-27H,3-5H2,1-2H3,(H2,24,28)/p+2. The van der Waals surface area contributed by atoms with Crippen molar-refractivity contribution < 1.29 is 10.7 Å². The van der Waals surface area contributed by atoms with Gasteiger partial charge >= 0.3 is 0 Å². The lowest BCUT2D eigenvalue weighted by Gasteiger charge is -2.26. The molecule has 3 rings (SSSR count). The van der Waals surface area contributed by atoms with Gasteiger partial charge in [0.2, 0.25) is 0 Å². The summed E-state index contributed by atoms with van der Waals surface area (Å²) < 4.78 is 0. The SMILES string of the molecule is C[NH2+]C=C(C(C)=[NH2+])C1=CNC2=CC=C(N=C(N)C=C(C=N)C3CCC3)NC2=C1. The fourth-order valence-corrected chi connectivity index (χ4v) is 3.30. The molecule has 1 fully saturated rings. The molecule has 146 valence electrons. The summed E-state index contributed by atoms with van der Waals surface area (Å²) in [5, 5.41) is 22.2. The number of hydrogen-bond acceptors (Lipinski definition) is 4. The van der Waals surface area contributed by atoms with E-state index < -0.39 is 0 Å². The molecule has 1 saturated carbocycles. The van der Waals surface area contributed by atoms with Crippen molar-refractivity contribution in [2.75, 3.05) is 7.05 Å². The van der Waals surface area contributed by atoms with Gasteiger partial charge < -0.3 is 27.1 Å². The number of aliphatic imine (C=N–C) groups is 1. The van der Waals surface area contributed by atoms with Gasteiger partial charge in [0.1, 0.15) is 23.4 Å². The quantitative estimate of drug-likeness (QED) is 0.269. The number of quaternary nitrogens is 1. The van der Waals surface area contributed by atoms with Crippen molar-refractivity contribution in [3.8, 4) is 0 Å². The Morgan fingerprint density at radius 3 is 2.75 bits per heavy atom. The summed E-state index contributed by atoms with van der Waals surface area (Å²) in [6, 6.07) is 0. The third kappa shape index (κ3) is 4.37. The first kappa shape index (κ1) is 19.6. The predicted molar refractivity (Wildman–Crippen MR) is 113 cm³/mol. The summed E-state index contributed by atoms with van der Waals surface area (Å²) in [5.41, 5.74) is 11.6. The fraction of sp³-hybridized carbons (Fsp3) is 0.286. The van der Waals surface area contributed by atoms with Crippen LogP contribution in [0.2, 0.25) is 0 Å². The van der Waals surface area contributed by atoms with Gasteiger partial charge in [-0.25, -0.2) is 4.99 Å². The molecule has 0 aromatic rings. The second-order valence-corrected chi connectivity index (χ2v) is 7.11. The predicted octanol–water partition coefficient (Wildman–Crippen LogP) is -0.284. The van der Waals surface area contributed by atoms with Gasteiger partial charge in [-0.2, -0.15) is 0 Å². The van der Waals surface area contributed by atoms with Crippen LogP contribution >= 0.6 is 0 Å². The van der Waals surface area contributed by atoms with E-state index in [9.17, 15) is 0 Å². The van der Waals surface area contributed by atoms with E-state index >= 15 is 0 Å². The molecule has 0 bridgehead atoms. The molecule has 0 atom stereocenters. The summed E-state index contributed by atoms with van der Waals surface area (Å²) in [7, 11) is 1.97. The van der Waals surface area contributed by atoms with Gasteiger partial charge in [-0.05, 0) is 48.6 Å². The highest BCUT2D eigenvalue weighted by Crippen LogP contribution is 2.32. The Kier molecular flexibility index (Phi) is 6.06. The molecule has 3 aliphatic rings. The van der Waals surface area contributed by atoms with E-state index in [-0.39, 0.29) is 0 Å². The highest BCUT2D eigenvalue weighted by molar-refractivity contribution is 5.98. The molecule has 0 saturated heterocycles. The zero-order chi connectivity index (χ0) is 20.1. The lowest BCUT2D eigenvalue weighted by molar-refractivity contribution is -0.556.